The van der Waals surface area contributed by atoms with Crippen LogP contribution in [0, 0.1) is 5.92 Å². The average molecular weight is 291 g/mol. The number of nitrogens with zero attached hydrogens (tertiary/aromatic N) is 1. The van der Waals surface area contributed by atoms with E-state index in [2.05, 4.69) is 30.8 Å². The molecule has 0 heterocycles. The van der Waals surface area contributed by atoms with Crippen LogP contribution in [0.3, 0.4) is 0 Å². The second kappa shape index (κ2) is 7.57. The molecule has 0 spiro atoms. The predicted octanol–water partition coefficient (Wildman–Crippen LogP) is 1.33. The molecule has 5 nitrogen and oxygen atoms in total. The van der Waals surface area contributed by atoms with E-state index < -0.39 is 10.2 Å². The molecule has 2 N–H and O–H groups in total. The Kier molecular flexibility index (Phi) is 6.73. The second-order valence-electron chi connectivity index (χ2n) is 5.92. The summed E-state index contributed by atoms with van der Waals surface area (Å²) in [5.41, 5.74) is 0. The van der Waals surface area contributed by atoms with E-state index in [4.69, 9.17) is 0 Å². The van der Waals surface area contributed by atoms with Gasteiger partial charge in [-0.3, -0.25) is 0 Å². The molecular weight excluding hydrogens is 262 g/mol. The lowest BCUT2D eigenvalue weighted by Crippen LogP contribution is -2.45. The minimum atomic E-state index is -3.32. The van der Waals surface area contributed by atoms with Crippen molar-refractivity contribution in [3.05, 3.63) is 0 Å². The van der Waals surface area contributed by atoms with Gasteiger partial charge in [0.25, 0.3) is 10.2 Å². The number of hydrogen-bond donors (Lipinski definition) is 2. The molecule has 1 rings (SSSR count). The van der Waals surface area contributed by atoms with Crippen LogP contribution in [0.5, 0.6) is 0 Å². The van der Waals surface area contributed by atoms with E-state index in [-0.39, 0.29) is 6.04 Å². The van der Waals surface area contributed by atoms with Gasteiger partial charge in [0.1, 0.15) is 0 Å². The van der Waals surface area contributed by atoms with E-state index in [1.165, 1.54) is 4.31 Å². The van der Waals surface area contributed by atoms with Crippen molar-refractivity contribution >= 4 is 10.2 Å². The first kappa shape index (κ1) is 16.9. The molecule has 114 valence electrons. The maximum atomic E-state index is 12.2. The Hall–Kier alpha value is -0.170. The Morgan fingerprint density at radius 2 is 2.00 bits per heavy atom. The van der Waals surface area contributed by atoms with Gasteiger partial charge in [0.2, 0.25) is 0 Å². The van der Waals surface area contributed by atoms with Crippen LogP contribution < -0.4 is 10.0 Å². The van der Waals surface area contributed by atoms with E-state index in [0.29, 0.717) is 18.5 Å². The topological polar surface area (TPSA) is 61.4 Å². The third kappa shape index (κ3) is 5.77. The summed E-state index contributed by atoms with van der Waals surface area (Å²) in [6.45, 7) is 7.69. The summed E-state index contributed by atoms with van der Waals surface area (Å²) in [4.78, 5) is 0. The number of rotatable bonds is 8. The van der Waals surface area contributed by atoms with Crippen LogP contribution in [0.15, 0.2) is 0 Å². The van der Waals surface area contributed by atoms with Crippen LogP contribution in [-0.4, -0.2) is 44.9 Å². The van der Waals surface area contributed by atoms with E-state index in [1.807, 2.05) is 0 Å². The first-order valence-corrected chi connectivity index (χ1v) is 8.74. The van der Waals surface area contributed by atoms with Crippen LogP contribution in [0.2, 0.25) is 0 Å². The van der Waals surface area contributed by atoms with Gasteiger partial charge in [0.15, 0.2) is 0 Å². The lowest BCUT2D eigenvalue weighted by molar-refractivity contribution is 0.414. The summed E-state index contributed by atoms with van der Waals surface area (Å²) < 4.78 is 28.6. The molecule has 0 saturated heterocycles. The van der Waals surface area contributed by atoms with Crippen molar-refractivity contribution in [3.63, 3.8) is 0 Å². The minimum absolute atomic E-state index is 0.112. The molecule has 2 atom stereocenters. The lowest BCUT2D eigenvalue weighted by atomic mass is 10.1. The Labute approximate surface area is 118 Å². The lowest BCUT2D eigenvalue weighted by Gasteiger charge is -2.23. The normalized spacial score (nSPS) is 24.5. The molecule has 1 aliphatic carbocycles. The number of hydrogen-bond acceptors (Lipinski definition) is 3. The summed E-state index contributed by atoms with van der Waals surface area (Å²) >= 11 is 0. The zero-order valence-corrected chi connectivity index (χ0v) is 13.5. The second-order valence-corrected chi connectivity index (χ2v) is 7.73. The molecule has 0 radical (unpaired) electrons. The highest BCUT2D eigenvalue weighted by atomic mass is 32.2. The van der Waals surface area contributed by atoms with Crippen molar-refractivity contribution in [1.82, 2.24) is 14.3 Å². The molecular formula is C13H29N3O2S. The summed E-state index contributed by atoms with van der Waals surface area (Å²) in [6.07, 6.45) is 4.03. The van der Waals surface area contributed by atoms with Gasteiger partial charge in [-0.15, -0.1) is 0 Å². The maximum Gasteiger partial charge on any atom is 0.279 e. The van der Waals surface area contributed by atoms with Crippen molar-refractivity contribution in [2.24, 2.45) is 5.92 Å². The van der Waals surface area contributed by atoms with Crippen molar-refractivity contribution in [1.29, 1.82) is 0 Å². The standard InChI is InChI=1S/C13H29N3O2S/c1-11(2)14-9-6-10-16(4)19(17,18)15-13-8-5-7-12(13)3/h11-15H,5-10H2,1-4H3. The monoisotopic (exact) mass is 291 g/mol. The van der Waals surface area contributed by atoms with Crippen molar-refractivity contribution in [2.45, 2.75) is 58.5 Å². The van der Waals surface area contributed by atoms with Crippen molar-refractivity contribution in [3.8, 4) is 0 Å². The molecule has 6 heteroatoms. The van der Waals surface area contributed by atoms with Gasteiger partial charge in [0.05, 0.1) is 0 Å². The number of nitrogens with one attached hydrogen (secondary N) is 2. The highest BCUT2D eigenvalue weighted by Gasteiger charge is 2.29. The summed E-state index contributed by atoms with van der Waals surface area (Å²) in [5.74, 6) is 0.450. The van der Waals surface area contributed by atoms with Crippen molar-refractivity contribution < 1.29 is 8.42 Å². The molecule has 2 unspecified atom stereocenters. The van der Waals surface area contributed by atoms with Crippen LogP contribution in [0.1, 0.15) is 46.5 Å². The van der Waals surface area contributed by atoms with E-state index in [0.717, 1.165) is 32.2 Å². The Bertz CT molecular complexity index is 357. The van der Waals surface area contributed by atoms with Gasteiger partial charge < -0.3 is 5.32 Å². The van der Waals surface area contributed by atoms with Crippen LogP contribution in [0.25, 0.3) is 0 Å². The van der Waals surface area contributed by atoms with Gasteiger partial charge in [-0.05, 0) is 31.7 Å². The highest BCUT2D eigenvalue weighted by Crippen LogP contribution is 2.25. The van der Waals surface area contributed by atoms with E-state index in [1.54, 1.807) is 7.05 Å². The highest BCUT2D eigenvalue weighted by molar-refractivity contribution is 7.87. The van der Waals surface area contributed by atoms with Crippen LogP contribution in [0.4, 0.5) is 0 Å². The fourth-order valence-electron chi connectivity index (χ4n) is 2.41. The molecule has 0 aromatic rings. The fourth-order valence-corrected chi connectivity index (χ4v) is 3.70. The quantitative estimate of drug-likeness (QED) is 0.663. The van der Waals surface area contributed by atoms with Crippen LogP contribution >= 0.6 is 0 Å². The minimum Gasteiger partial charge on any atom is -0.314 e. The maximum absolute atomic E-state index is 12.2. The fraction of sp³-hybridized carbons (Fsp3) is 1.00. The van der Waals surface area contributed by atoms with E-state index in [9.17, 15) is 8.42 Å². The molecule has 0 aromatic carbocycles. The summed E-state index contributed by atoms with van der Waals surface area (Å²) in [6, 6.07) is 0.556. The Morgan fingerprint density at radius 3 is 2.53 bits per heavy atom. The molecule has 19 heavy (non-hydrogen) atoms. The predicted molar refractivity (Wildman–Crippen MR) is 79.2 cm³/mol. The third-order valence-electron chi connectivity index (χ3n) is 3.77. The summed E-state index contributed by atoms with van der Waals surface area (Å²) in [5, 5.41) is 3.29. The van der Waals surface area contributed by atoms with Gasteiger partial charge in [-0.2, -0.15) is 17.4 Å². The third-order valence-corrected chi connectivity index (χ3v) is 5.38. The smallest absolute Gasteiger partial charge is 0.279 e. The average Bonchev–Trinajstić information content (AvgIpc) is 2.69. The van der Waals surface area contributed by atoms with E-state index >= 15 is 0 Å². The largest absolute Gasteiger partial charge is 0.314 e. The van der Waals surface area contributed by atoms with Gasteiger partial charge in [0, 0.05) is 25.7 Å². The van der Waals surface area contributed by atoms with Crippen LogP contribution in [-0.2, 0) is 10.2 Å². The summed E-state index contributed by atoms with van der Waals surface area (Å²) in [7, 11) is -1.67. The first-order chi connectivity index (χ1) is 8.83. The molecule has 1 fully saturated rings. The molecule has 1 aliphatic rings. The Morgan fingerprint density at radius 1 is 1.32 bits per heavy atom. The molecule has 0 bridgehead atoms. The molecule has 0 aliphatic heterocycles. The van der Waals surface area contributed by atoms with Gasteiger partial charge in [-0.1, -0.05) is 27.2 Å². The SMILES string of the molecule is CC(C)NCCCN(C)S(=O)(=O)NC1CCCC1C. The van der Waals surface area contributed by atoms with Crippen molar-refractivity contribution in [2.75, 3.05) is 20.1 Å². The zero-order chi connectivity index (χ0) is 14.5. The molecule has 0 amide bonds. The van der Waals surface area contributed by atoms with Gasteiger partial charge in [-0.25, -0.2) is 0 Å². The Balaban J connectivity index is 2.34. The molecule has 1 saturated carbocycles. The first-order valence-electron chi connectivity index (χ1n) is 7.30. The van der Waals surface area contributed by atoms with Gasteiger partial charge >= 0.3 is 0 Å². The molecule has 0 aromatic heterocycles. The zero-order valence-electron chi connectivity index (χ0n) is 12.6.